The molecule has 3 N–H and O–H groups in total. The summed E-state index contributed by atoms with van der Waals surface area (Å²) in [4.78, 5) is 13.6. The minimum absolute atomic E-state index is 0.170. The van der Waals surface area contributed by atoms with Crippen molar-refractivity contribution in [2.45, 2.75) is 15.8 Å². The first kappa shape index (κ1) is 13.9. The van der Waals surface area contributed by atoms with Crippen LogP contribution in [0.25, 0.3) is 0 Å². The molecule has 2 aromatic rings. The molecule has 0 radical (unpaired) electrons. The van der Waals surface area contributed by atoms with Crippen LogP contribution in [0, 0.1) is 0 Å². The van der Waals surface area contributed by atoms with Gasteiger partial charge in [-0.3, -0.25) is 4.79 Å². The van der Waals surface area contributed by atoms with E-state index >= 15 is 0 Å². The predicted molar refractivity (Wildman–Crippen MR) is 85.3 cm³/mol. The SMILES string of the molecule is NC1C(=O)Nc2cc(Sc3cccc(Cl)c3)c(Br)cc21. The lowest BCUT2D eigenvalue weighted by Gasteiger charge is -2.08. The molecule has 1 aliphatic rings. The molecule has 0 aromatic heterocycles. The molecule has 2 aromatic carbocycles. The van der Waals surface area contributed by atoms with Crippen LogP contribution in [0.1, 0.15) is 11.6 Å². The Bertz CT molecular complexity index is 708. The number of rotatable bonds is 2. The summed E-state index contributed by atoms with van der Waals surface area (Å²) in [5.41, 5.74) is 7.41. The Hall–Kier alpha value is -1.01. The number of nitrogens with one attached hydrogen (secondary N) is 1. The average Bonchev–Trinajstić information content (AvgIpc) is 2.66. The lowest BCUT2D eigenvalue weighted by atomic mass is 10.1. The van der Waals surface area contributed by atoms with Gasteiger partial charge in [0.25, 0.3) is 0 Å². The average molecular weight is 370 g/mol. The van der Waals surface area contributed by atoms with Gasteiger partial charge in [-0.1, -0.05) is 29.4 Å². The summed E-state index contributed by atoms with van der Waals surface area (Å²) in [6.07, 6.45) is 0. The Morgan fingerprint density at radius 1 is 1.30 bits per heavy atom. The molecule has 3 nitrogen and oxygen atoms in total. The fourth-order valence-corrected chi connectivity index (χ4v) is 3.80. The van der Waals surface area contributed by atoms with Gasteiger partial charge >= 0.3 is 0 Å². The first-order valence-electron chi connectivity index (χ1n) is 5.88. The second-order valence-corrected chi connectivity index (χ2v) is 6.80. The maximum atomic E-state index is 11.6. The Kier molecular flexibility index (Phi) is 3.77. The molecule has 1 aliphatic heterocycles. The van der Waals surface area contributed by atoms with Gasteiger partial charge in [-0.25, -0.2) is 0 Å². The van der Waals surface area contributed by atoms with E-state index in [9.17, 15) is 4.79 Å². The fraction of sp³-hybridized carbons (Fsp3) is 0.0714. The first-order valence-corrected chi connectivity index (χ1v) is 7.86. The van der Waals surface area contributed by atoms with Crippen molar-refractivity contribution < 1.29 is 4.79 Å². The highest BCUT2D eigenvalue weighted by Crippen LogP contribution is 2.41. The summed E-state index contributed by atoms with van der Waals surface area (Å²) >= 11 is 11.1. The van der Waals surface area contributed by atoms with Gasteiger partial charge in [0.05, 0.1) is 0 Å². The van der Waals surface area contributed by atoms with E-state index < -0.39 is 6.04 Å². The van der Waals surface area contributed by atoms with Gasteiger partial charge in [0.1, 0.15) is 6.04 Å². The zero-order chi connectivity index (χ0) is 14.3. The Morgan fingerprint density at radius 2 is 2.10 bits per heavy atom. The van der Waals surface area contributed by atoms with Gasteiger partial charge in [-0.15, -0.1) is 0 Å². The zero-order valence-electron chi connectivity index (χ0n) is 10.2. The van der Waals surface area contributed by atoms with Gasteiger partial charge in [0, 0.05) is 30.5 Å². The third-order valence-corrected chi connectivity index (χ3v) is 5.20. The molecule has 1 atom stereocenters. The number of carbonyl (C=O) groups is 1. The maximum absolute atomic E-state index is 11.6. The molecule has 0 spiro atoms. The lowest BCUT2D eigenvalue weighted by molar-refractivity contribution is -0.116. The van der Waals surface area contributed by atoms with Crippen molar-refractivity contribution >= 4 is 50.9 Å². The number of benzene rings is 2. The highest BCUT2D eigenvalue weighted by atomic mass is 79.9. The van der Waals surface area contributed by atoms with Crippen LogP contribution in [0.3, 0.4) is 0 Å². The molecule has 1 amide bonds. The van der Waals surface area contributed by atoms with Gasteiger partial charge in [0.2, 0.25) is 5.91 Å². The van der Waals surface area contributed by atoms with Crippen LogP contribution in [0.2, 0.25) is 5.02 Å². The van der Waals surface area contributed by atoms with E-state index in [4.69, 9.17) is 17.3 Å². The van der Waals surface area contributed by atoms with Crippen LogP contribution in [0.15, 0.2) is 50.7 Å². The van der Waals surface area contributed by atoms with Gasteiger partial charge in [-0.05, 0) is 46.3 Å². The van der Waals surface area contributed by atoms with Crippen LogP contribution < -0.4 is 11.1 Å². The van der Waals surface area contributed by atoms with Crippen molar-refractivity contribution in [2.75, 3.05) is 5.32 Å². The molecule has 20 heavy (non-hydrogen) atoms. The van der Waals surface area contributed by atoms with E-state index in [0.29, 0.717) is 5.02 Å². The summed E-state index contributed by atoms with van der Waals surface area (Å²) < 4.78 is 0.910. The molecule has 0 fully saturated rings. The molecular weight excluding hydrogens is 360 g/mol. The second kappa shape index (κ2) is 5.41. The molecule has 1 heterocycles. The molecule has 0 bridgehead atoms. The van der Waals surface area contributed by atoms with Crippen LogP contribution in [-0.2, 0) is 4.79 Å². The number of amides is 1. The number of hydrogen-bond acceptors (Lipinski definition) is 3. The van der Waals surface area contributed by atoms with Crippen molar-refractivity contribution in [3.05, 3.63) is 51.5 Å². The normalized spacial score (nSPS) is 16.9. The van der Waals surface area contributed by atoms with Gasteiger partial charge in [0.15, 0.2) is 0 Å². The fourth-order valence-electron chi connectivity index (χ4n) is 2.02. The van der Waals surface area contributed by atoms with Crippen molar-refractivity contribution in [3.63, 3.8) is 0 Å². The summed E-state index contributed by atoms with van der Waals surface area (Å²) in [6.45, 7) is 0. The molecular formula is C14H10BrClN2OS. The molecule has 3 rings (SSSR count). The van der Waals surface area contributed by atoms with Crippen LogP contribution >= 0.6 is 39.3 Å². The maximum Gasteiger partial charge on any atom is 0.245 e. The highest BCUT2D eigenvalue weighted by molar-refractivity contribution is 9.10. The van der Waals surface area contributed by atoms with E-state index in [-0.39, 0.29) is 5.91 Å². The van der Waals surface area contributed by atoms with Crippen LogP contribution in [0.5, 0.6) is 0 Å². The number of halogens is 2. The summed E-state index contributed by atoms with van der Waals surface area (Å²) in [7, 11) is 0. The van der Waals surface area contributed by atoms with E-state index in [1.54, 1.807) is 11.8 Å². The molecule has 102 valence electrons. The van der Waals surface area contributed by atoms with Crippen molar-refractivity contribution in [1.29, 1.82) is 0 Å². The van der Waals surface area contributed by atoms with Gasteiger partial charge < -0.3 is 11.1 Å². The summed E-state index contributed by atoms with van der Waals surface area (Å²) in [5, 5.41) is 3.48. The molecule has 0 saturated carbocycles. The first-order chi connectivity index (χ1) is 9.54. The molecule has 6 heteroatoms. The molecule has 0 saturated heterocycles. The number of carbonyl (C=O) groups excluding carboxylic acids is 1. The van der Waals surface area contributed by atoms with E-state index in [1.165, 1.54) is 0 Å². The third-order valence-electron chi connectivity index (χ3n) is 3.00. The Balaban J connectivity index is 1.96. The third kappa shape index (κ3) is 2.59. The van der Waals surface area contributed by atoms with Crippen LogP contribution in [-0.4, -0.2) is 5.91 Å². The van der Waals surface area contributed by atoms with Crippen molar-refractivity contribution in [1.82, 2.24) is 0 Å². The van der Waals surface area contributed by atoms with E-state index in [2.05, 4.69) is 21.2 Å². The minimum atomic E-state index is -0.591. The Labute approximate surface area is 134 Å². The summed E-state index contributed by atoms with van der Waals surface area (Å²) in [5.74, 6) is -0.170. The minimum Gasteiger partial charge on any atom is -0.324 e. The predicted octanol–water partition coefficient (Wildman–Crippen LogP) is 4.21. The van der Waals surface area contributed by atoms with Crippen LogP contribution in [0.4, 0.5) is 5.69 Å². The van der Waals surface area contributed by atoms with E-state index in [1.807, 2.05) is 36.4 Å². The number of anilines is 1. The Morgan fingerprint density at radius 3 is 2.85 bits per heavy atom. The zero-order valence-corrected chi connectivity index (χ0v) is 13.3. The van der Waals surface area contributed by atoms with Crippen molar-refractivity contribution in [2.24, 2.45) is 5.73 Å². The van der Waals surface area contributed by atoms with Gasteiger partial charge in [-0.2, -0.15) is 0 Å². The topological polar surface area (TPSA) is 55.1 Å². The number of nitrogens with two attached hydrogens (primary N) is 1. The number of hydrogen-bond donors (Lipinski definition) is 2. The van der Waals surface area contributed by atoms with E-state index in [0.717, 1.165) is 25.5 Å². The largest absolute Gasteiger partial charge is 0.324 e. The molecule has 0 aliphatic carbocycles. The molecule has 1 unspecified atom stereocenters. The quantitative estimate of drug-likeness (QED) is 0.834. The van der Waals surface area contributed by atoms with Crippen molar-refractivity contribution in [3.8, 4) is 0 Å². The smallest absolute Gasteiger partial charge is 0.245 e. The highest BCUT2D eigenvalue weighted by Gasteiger charge is 2.28. The standard InChI is InChI=1S/C14H10BrClN2OS/c15-10-5-9-11(18-14(19)13(9)17)6-12(10)20-8-3-1-2-7(16)4-8/h1-6,13H,17H2,(H,18,19). The monoisotopic (exact) mass is 368 g/mol. The summed E-state index contributed by atoms with van der Waals surface area (Å²) in [6, 6.07) is 10.9. The number of fused-ring (bicyclic) bond motifs is 1. The second-order valence-electron chi connectivity index (χ2n) is 4.40. The lowest BCUT2D eigenvalue weighted by Crippen LogP contribution is -2.19.